The van der Waals surface area contributed by atoms with Gasteiger partial charge >= 0.3 is 12.1 Å². The molecular formula is C16H26N2O5. The molecule has 7 nitrogen and oxygen atoms in total. The Bertz CT molecular complexity index is 464. The van der Waals surface area contributed by atoms with Gasteiger partial charge in [0.2, 0.25) is 5.91 Å². The lowest BCUT2D eigenvalue weighted by Gasteiger charge is -2.29. The van der Waals surface area contributed by atoms with E-state index >= 15 is 0 Å². The maximum absolute atomic E-state index is 12.6. The highest BCUT2D eigenvalue weighted by Gasteiger charge is 2.38. The summed E-state index contributed by atoms with van der Waals surface area (Å²) in [5.41, 5.74) is -0.734. The highest BCUT2D eigenvalue weighted by atomic mass is 16.6. The number of hydrogen-bond donors (Lipinski definition) is 2. The van der Waals surface area contributed by atoms with Crippen molar-refractivity contribution in [3.05, 3.63) is 12.7 Å². The average Bonchev–Trinajstić information content (AvgIpc) is 2.93. The van der Waals surface area contributed by atoms with E-state index in [0.29, 0.717) is 13.1 Å². The predicted molar refractivity (Wildman–Crippen MR) is 84.9 cm³/mol. The van der Waals surface area contributed by atoms with Crippen molar-refractivity contribution in [2.45, 2.75) is 51.7 Å². The number of aliphatic carboxylic acids is 1. The minimum absolute atomic E-state index is 0.0787. The maximum atomic E-state index is 12.6. The van der Waals surface area contributed by atoms with Crippen molar-refractivity contribution < 1.29 is 24.2 Å². The Labute approximate surface area is 136 Å². The summed E-state index contributed by atoms with van der Waals surface area (Å²) in [6.07, 6.45) is 2.47. The van der Waals surface area contributed by atoms with Gasteiger partial charge in [-0.15, -0.1) is 6.58 Å². The van der Waals surface area contributed by atoms with Gasteiger partial charge in [-0.1, -0.05) is 6.08 Å². The maximum Gasteiger partial charge on any atom is 0.408 e. The summed E-state index contributed by atoms with van der Waals surface area (Å²) in [6, 6.07) is -1.17. The number of alkyl carbamates (subject to hydrolysis) is 1. The minimum Gasteiger partial charge on any atom is -0.481 e. The highest BCUT2D eigenvalue weighted by Crippen LogP contribution is 2.18. The number of carboxylic acid groups (broad SMARTS) is 1. The minimum atomic E-state index is -1.17. The zero-order valence-electron chi connectivity index (χ0n) is 14.0. The molecule has 7 heteroatoms. The largest absolute Gasteiger partial charge is 0.481 e. The lowest BCUT2D eigenvalue weighted by atomic mass is 9.95. The van der Waals surface area contributed by atoms with Crippen LogP contribution in [0.1, 0.15) is 40.0 Å². The second kappa shape index (κ2) is 7.99. The smallest absolute Gasteiger partial charge is 0.408 e. The van der Waals surface area contributed by atoms with Crippen molar-refractivity contribution in [3.8, 4) is 0 Å². The van der Waals surface area contributed by atoms with Gasteiger partial charge < -0.3 is 20.1 Å². The average molecular weight is 326 g/mol. The molecule has 1 aliphatic rings. The Morgan fingerprint density at radius 1 is 1.30 bits per heavy atom. The molecule has 1 heterocycles. The number of carbonyl (C=O) groups excluding carboxylic acids is 2. The van der Waals surface area contributed by atoms with Gasteiger partial charge in [-0.3, -0.25) is 9.59 Å². The standard InChI is InChI=1S/C16H26N2O5/c1-5-8-11(14(20)21)12(13(19)18-9-6-7-10-18)17-15(22)23-16(2,3)4/h5,11-12H,1,6-10H2,2-4H3,(H,17,22)(H,20,21)/t11-,12-/m0/s1. The van der Waals surface area contributed by atoms with Crippen LogP contribution in [-0.2, 0) is 14.3 Å². The monoisotopic (exact) mass is 326 g/mol. The number of allylic oxidation sites excluding steroid dienone is 1. The molecule has 0 unspecified atom stereocenters. The van der Waals surface area contributed by atoms with E-state index in [-0.39, 0.29) is 12.3 Å². The fourth-order valence-electron chi connectivity index (χ4n) is 2.46. The number of nitrogens with one attached hydrogen (secondary N) is 1. The van der Waals surface area contributed by atoms with Gasteiger partial charge in [-0.25, -0.2) is 4.79 Å². The van der Waals surface area contributed by atoms with Crippen LogP contribution >= 0.6 is 0 Å². The number of ether oxygens (including phenoxy) is 1. The molecule has 2 amide bonds. The fourth-order valence-corrected chi connectivity index (χ4v) is 2.46. The van der Waals surface area contributed by atoms with Crippen LogP contribution in [0, 0.1) is 5.92 Å². The molecule has 0 aromatic heterocycles. The van der Waals surface area contributed by atoms with Crippen LogP contribution in [-0.4, -0.2) is 52.7 Å². The molecule has 0 aromatic rings. The summed E-state index contributed by atoms with van der Waals surface area (Å²) in [5, 5.41) is 11.8. The molecule has 130 valence electrons. The number of carboxylic acids is 1. The summed E-state index contributed by atoms with van der Waals surface area (Å²) in [5.74, 6) is -2.62. The first-order chi connectivity index (χ1) is 10.7. The van der Waals surface area contributed by atoms with Crippen molar-refractivity contribution in [1.29, 1.82) is 0 Å². The molecule has 1 aliphatic heterocycles. The molecule has 0 spiro atoms. The molecular weight excluding hydrogens is 300 g/mol. The Morgan fingerprint density at radius 3 is 2.30 bits per heavy atom. The normalized spacial score (nSPS) is 17.3. The van der Waals surface area contributed by atoms with Crippen LogP contribution in [0.5, 0.6) is 0 Å². The second-order valence-electron chi connectivity index (χ2n) is 6.63. The molecule has 2 atom stereocenters. The van der Waals surface area contributed by atoms with Crippen molar-refractivity contribution in [2.75, 3.05) is 13.1 Å². The van der Waals surface area contributed by atoms with Gasteiger partial charge in [0.25, 0.3) is 0 Å². The van der Waals surface area contributed by atoms with Gasteiger partial charge in [0, 0.05) is 13.1 Å². The van der Waals surface area contributed by atoms with Crippen molar-refractivity contribution >= 4 is 18.0 Å². The van der Waals surface area contributed by atoms with Gasteiger partial charge in [-0.2, -0.15) is 0 Å². The summed E-state index contributed by atoms with van der Waals surface area (Å²) in [6.45, 7) is 9.77. The summed E-state index contributed by atoms with van der Waals surface area (Å²) in [7, 11) is 0. The van der Waals surface area contributed by atoms with E-state index < -0.39 is 29.6 Å². The zero-order chi connectivity index (χ0) is 17.6. The summed E-state index contributed by atoms with van der Waals surface area (Å²) < 4.78 is 5.15. The second-order valence-corrected chi connectivity index (χ2v) is 6.63. The number of likely N-dealkylation sites (tertiary alicyclic amines) is 1. The molecule has 0 saturated carbocycles. The SMILES string of the molecule is C=CC[C@H](C(=O)O)[C@H](NC(=O)OC(C)(C)C)C(=O)N1CCCC1. The molecule has 0 bridgehead atoms. The number of rotatable bonds is 6. The van der Waals surface area contributed by atoms with Gasteiger partial charge in [0.1, 0.15) is 11.6 Å². The van der Waals surface area contributed by atoms with Crippen LogP contribution in [0.3, 0.4) is 0 Å². The molecule has 1 saturated heterocycles. The Balaban J connectivity index is 2.94. The molecule has 2 N–H and O–H groups in total. The third-order valence-electron chi connectivity index (χ3n) is 3.50. The fraction of sp³-hybridized carbons (Fsp3) is 0.688. The number of carbonyl (C=O) groups is 3. The van der Waals surface area contributed by atoms with Crippen molar-refractivity contribution in [2.24, 2.45) is 5.92 Å². The molecule has 0 radical (unpaired) electrons. The van der Waals surface area contributed by atoms with Crippen molar-refractivity contribution in [3.63, 3.8) is 0 Å². The van der Waals surface area contributed by atoms with E-state index in [1.165, 1.54) is 6.08 Å². The molecule has 0 aromatic carbocycles. The van der Waals surface area contributed by atoms with E-state index in [1.807, 2.05) is 0 Å². The molecule has 23 heavy (non-hydrogen) atoms. The van der Waals surface area contributed by atoms with E-state index in [9.17, 15) is 19.5 Å². The number of nitrogens with zero attached hydrogens (tertiary/aromatic N) is 1. The van der Waals surface area contributed by atoms with Crippen LogP contribution in [0.4, 0.5) is 4.79 Å². The van der Waals surface area contributed by atoms with Crippen LogP contribution in [0.25, 0.3) is 0 Å². The lowest BCUT2D eigenvalue weighted by molar-refractivity contribution is -0.147. The van der Waals surface area contributed by atoms with Crippen LogP contribution in [0.15, 0.2) is 12.7 Å². The van der Waals surface area contributed by atoms with Crippen molar-refractivity contribution in [1.82, 2.24) is 10.2 Å². The lowest BCUT2D eigenvalue weighted by Crippen LogP contribution is -2.54. The first kappa shape index (κ1) is 19.0. The topological polar surface area (TPSA) is 95.9 Å². The van der Waals surface area contributed by atoms with E-state index in [0.717, 1.165) is 12.8 Å². The third kappa shape index (κ3) is 5.92. The Kier molecular flexibility index (Phi) is 6.60. The van der Waals surface area contributed by atoms with E-state index in [1.54, 1.807) is 25.7 Å². The third-order valence-corrected chi connectivity index (χ3v) is 3.50. The molecule has 0 aliphatic carbocycles. The number of hydrogen-bond acceptors (Lipinski definition) is 4. The van der Waals surface area contributed by atoms with Gasteiger partial charge in [-0.05, 0) is 40.0 Å². The Hall–Kier alpha value is -2.05. The molecule has 1 fully saturated rings. The summed E-state index contributed by atoms with van der Waals surface area (Å²) >= 11 is 0. The van der Waals surface area contributed by atoms with Crippen LogP contribution < -0.4 is 5.32 Å². The zero-order valence-corrected chi connectivity index (χ0v) is 14.0. The number of amides is 2. The highest BCUT2D eigenvalue weighted by molar-refractivity contribution is 5.90. The Morgan fingerprint density at radius 2 is 1.87 bits per heavy atom. The van der Waals surface area contributed by atoms with E-state index in [2.05, 4.69) is 11.9 Å². The quantitative estimate of drug-likeness (QED) is 0.725. The van der Waals surface area contributed by atoms with Crippen LogP contribution in [0.2, 0.25) is 0 Å². The van der Waals surface area contributed by atoms with E-state index in [4.69, 9.17) is 4.74 Å². The summed E-state index contributed by atoms with van der Waals surface area (Å²) in [4.78, 5) is 37.7. The predicted octanol–water partition coefficient (Wildman–Crippen LogP) is 1.78. The molecule has 1 rings (SSSR count). The first-order valence-electron chi connectivity index (χ1n) is 7.77. The van der Waals surface area contributed by atoms with Gasteiger partial charge in [0.05, 0.1) is 5.92 Å². The first-order valence-corrected chi connectivity index (χ1v) is 7.77. The van der Waals surface area contributed by atoms with Gasteiger partial charge in [0.15, 0.2) is 0 Å².